The van der Waals surface area contributed by atoms with Crippen LogP contribution in [0.5, 0.6) is 0 Å². The minimum Gasteiger partial charge on any atom is -0.375 e. The van der Waals surface area contributed by atoms with E-state index >= 15 is 0 Å². The second-order valence-electron chi connectivity index (χ2n) is 6.39. The molecule has 1 aromatic carbocycles. The van der Waals surface area contributed by atoms with E-state index in [0.717, 1.165) is 43.7 Å². The molecular formula is C16H22ClN3O. The van der Waals surface area contributed by atoms with Crippen molar-refractivity contribution in [2.24, 2.45) is 11.3 Å². The van der Waals surface area contributed by atoms with Crippen LogP contribution < -0.4 is 15.5 Å². The van der Waals surface area contributed by atoms with Crippen LogP contribution in [0.15, 0.2) is 18.2 Å². The molecule has 1 spiro atoms. The average Bonchev–Trinajstić information content (AvgIpc) is 3.13. The van der Waals surface area contributed by atoms with Gasteiger partial charge >= 0.3 is 0 Å². The smallest absolute Gasteiger partial charge is 0.228 e. The average molecular weight is 308 g/mol. The zero-order valence-electron chi connectivity index (χ0n) is 12.6. The monoisotopic (exact) mass is 307 g/mol. The molecular weight excluding hydrogens is 286 g/mol. The van der Waals surface area contributed by atoms with Crippen LogP contribution in [-0.4, -0.2) is 33.1 Å². The van der Waals surface area contributed by atoms with Gasteiger partial charge in [-0.2, -0.15) is 0 Å². The Kier molecular flexibility index (Phi) is 3.84. The summed E-state index contributed by atoms with van der Waals surface area (Å²) in [7, 11) is 3.87. The van der Waals surface area contributed by atoms with E-state index in [4.69, 9.17) is 11.6 Å². The van der Waals surface area contributed by atoms with Crippen LogP contribution in [0.1, 0.15) is 19.3 Å². The molecule has 0 radical (unpaired) electrons. The molecule has 1 aromatic rings. The molecule has 5 heteroatoms. The first-order valence-electron chi connectivity index (χ1n) is 7.51. The van der Waals surface area contributed by atoms with Gasteiger partial charge in [0.25, 0.3) is 0 Å². The van der Waals surface area contributed by atoms with Gasteiger partial charge in [0, 0.05) is 20.0 Å². The summed E-state index contributed by atoms with van der Waals surface area (Å²) in [5.41, 5.74) is 1.92. The van der Waals surface area contributed by atoms with Crippen molar-refractivity contribution in [1.29, 1.82) is 0 Å². The lowest BCUT2D eigenvalue weighted by molar-refractivity contribution is -0.118. The first kappa shape index (κ1) is 14.7. The Hall–Kier alpha value is -1.26. The summed E-state index contributed by atoms with van der Waals surface area (Å²) < 4.78 is 0. The molecule has 1 heterocycles. The maximum atomic E-state index is 12.5. The third-order valence-corrected chi connectivity index (χ3v) is 5.10. The molecule has 4 nitrogen and oxygen atoms in total. The van der Waals surface area contributed by atoms with Crippen molar-refractivity contribution in [3.8, 4) is 0 Å². The molecule has 1 saturated carbocycles. The molecule has 114 valence electrons. The highest BCUT2D eigenvalue weighted by Crippen LogP contribution is 2.58. The molecule has 0 bridgehead atoms. The van der Waals surface area contributed by atoms with Gasteiger partial charge in [0.1, 0.15) is 0 Å². The molecule has 2 N–H and O–H groups in total. The summed E-state index contributed by atoms with van der Waals surface area (Å²) in [6.45, 7) is 2.06. The summed E-state index contributed by atoms with van der Waals surface area (Å²) in [5.74, 6) is 0.302. The molecule has 2 aliphatic rings. The highest BCUT2D eigenvalue weighted by Gasteiger charge is 2.57. The van der Waals surface area contributed by atoms with Crippen LogP contribution in [0.2, 0.25) is 5.02 Å². The summed E-state index contributed by atoms with van der Waals surface area (Å²) in [4.78, 5) is 14.5. The lowest BCUT2D eigenvalue weighted by Crippen LogP contribution is -2.31. The Balaban J connectivity index is 1.73. The van der Waals surface area contributed by atoms with Gasteiger partial charge < -0.3 is 15.5 Å². The van der Waals surface area contributed by atoms with E-state index in [0.29, 0.717) is 5.02 Å². The van der Waals surface area contributed by atoms with E-state index in [1.165, 1.54) is 0 Å². The number of hydrogen-bond donors (Lipinski definition) is 2. The van der Waals surface area contributed by atoms with Gasteiger partial charge in [-0.15, -0.1) is 0 Å². The maximum Gasteiger partial charge on any atom is 0.228 e. The third kappa shape index (κ3) is 2.74. The number of anilines is 2. The lowest BCUT2D eigenvalue weighted by Gasteiger charge is -2.24. The van der Waals surface area contributed by atoms with Gasteiger partial charge in [-0.3, -0.25) is 4.79 Å². The molecule has 0 aromatic heterocycles. The number of hydrogen-bond acceptors (Lipinski definition) is 3. The fourth-order valence-electron chi connectivity index (χ4n) is 3.49. The number of para-hydroxylation sites is 1. The van der Waals surface area contributed by atoms with E-state index in [1.807, 2.05) is 37.2 Å². The first-order chi connectivity index (χ1) is 10.0. The van der Waals surface area contributed by atoms with Crippen molar-refractivity contribution in [3.63, 3.8) is 0 Å². The molecule has 21 heavy (non-hydrogen) atoms. The molecule has 1 aliphatic heterocycles. The van der Waals surface area contributed by atoms with Gasteiger partial charge in [-0.25, -0.2) is 0 Å². The van der Waals surface area contributed by atoms with Gasteiger partial charge in [-0.05, 0) is 49.9 Å². The van der Waals surface area contributed by atoms with E-state index in [9.17, 15) is 4.79 Å². The summed E-state index contributed by atoms with van der Waals surface area (Å²) >= 11 is 6.24. The number of carbonyl (C=O) groups is 1. The Morgan fingerprint density at radius 1 is 1.38 bits per heavy atom. The molecule has 1 aliphatic carbocycles. The highest BCUT2D eigenvalue weighted by atomic mass is 35.5. The largest absolute Gasteiger partial charge is 0.375 e. The third-order valence-electron chi connectivity index (χ3n) is 4.80. The number of nitrogens with zero attached hydrogens (tertiary/aromatic N) is 1. The van der Waals surface area contributed by atoms with Gasteiger partial charge in [0.2, 0.25) is 5.91 Å². The van der Waals surface area contributed by atoms with Crippen LogP contribution in [0.4, 0.5) is 11.4 Å². The number of piperidine rings is 1. The minimum atomic E-state index is 0.141. The van der Waals surface area contributed by atoms with Crippen molar-refractivity contribution in [1.82, 2.24) is 5.32 Å². The number of carbonyl (C=O) groups excluding carboxylic acids is 1. The topological polar surface area (TPSA) is 44.4 Å². The predicted molar refractivity (Wildman–Crippen MR) is 87.1 cm³/mol. The maximum absolute atomic E-state index is 12.5. The SMILES string of the molecule is CN(C)c1c(Cl)cccc1NC(=O)C1CC12CCNCC2. The quantitative estimate of drug-likeness (QED) is 0.902. The van der Waals surface area contributed by atoms with E-state index in [-0.39, 0.29) is 17.2 Å². The molecule has 3 rings (SSSR count). The molecule has 1 saturated heterocycles. The van der Waals surface area contributed by atoms with E-state index in [1.54, 1.807) is 0 Å². The zero-order chi connectivity index (χ0) is 15.0. The second kappa shape index (κ2) is 5.50. The number of halogens is 1. The molecule has 1 atom stereocenters. The number of benzene rings is 1. The van der Waals surface area contributed by atoms with E-state index < -0.39 is 0 Å². The molecule has 2 fully saturated rings. The molecule has 1 amide bonds. The van der Waals surface area contributed by atoms with Crippen LogP contribution in [0, 0.1) is 11.3 Å². The van der Waals surface area contributed by atoms with Gasteiger partial charge in [-0.1, -0.05) is 17.7 Å². The van der Waals surface area contributed by atoms with Crippen LogP contribution in [0.3, 0.4) is 0 Å². The summed E-state index contributed by atoms with van der Waals surface area (Å²) in [6, 6.07) is 5.63. The Labute approximate surface area is 130 Å². The zero-order valence-corrected chi connectivity index (χ0v) is 13.3. The van der Waals surface area contributed by atoms with Gasteiger partial charge in [0.05, 0.1) is 16.4 Å². The Bertz CT molecular complexity index is 552. The van der Waals surface area contributed by atoms with Crippen LogP contribution >= 0.6 is 11.6 Å². The van der Waals surface area contributed by atoms with Crippen molar-refractivity contribution in [3.05, 3.63) is 23.2 Å². The van der Waals surface area contributed by atoms with Gasteiger partial charge in [0.15, 0.2) is 0 Å². The fraction of sp³-hybridized carbons (Fsp3) is 0.562. The van der Waals surface area contributed by atoms with Crippen molar-refractivity contribution in [2.75, 3.05) is 37.4 Å². The number of rotatable bonds is 3. The fourth-order valence-corrected chi connectivity index (χ4v) is 3.83. The Morgan fingerprint density at radius 3 is 2.76 bits per heavy atom. The standard InChI is InChI=1S/C16H22ClN3O/c1-20(2)14-12(17)4-3-5-13(14)19-15(21)11-10-16(11)6-8-18-9-7-16/h3-5,11,18H,6-10H2,1-2H3,(H,19,21). The highest BCUT2D eigenvalue weighted by molar-refractivity contribution is 6.34. The normalized spacial score (nSPS) is 22.9. The second-order valence-corrected chi connectivity index (χ2v) is 6.80. The van der Waals surface area contributed by atoms with Crippen LogP contribution in [0.25, 0.3) is 0 Å². The first-order valence-corrected chi connectivity index (χ1v) is 7.89. The number of amides is 1. The van der Waals surface area contributed by atoms with Crippen molar-refractivity contribution < 1.29 is 4.79 Å². The molecule has 1 unspecified atom stereocenters. The lowest BCUT2D eigenvalue weighted by atomic mass is 9.92. The van der Waals surface area contributed by atoms with Crippen molar-refractivity contribution >= 4 is 28.9 Å². The summed E-state index contributed by atoms with van der Waals surface area (Å²) in [5, 5.41) is 7.10. The summed E-state index contributed by atoms with van der Waals surface area (Å²) in [6.07, 6.45) is 3.25. The van der Waals surface area contributed by atoms with Crippen molar-refractivity contribution in [2.45, 2.75) is 19.3 Å². The predicted octanol–water partition coefficient (Wildman–Crippen LogP) is 2.73. The number of nitrogens with one attached hydrogen (secondary N) is 2. The Morgan fingerprint density at radius 2 is 2.10 bits per heavy atom. The van der Waals surface area contributed by atoms with E-state index in [2.05, 4.69) is 10.6 Å². The minimum absolute atomic E-state index is 0.141. The van der Waals surface area contributed by atoms with Crippen LogP contribution in [-0.2, 0) is 4.79 Å².